The van der Waals surface area contributed by atoms with E-state index >= 15 is 0 Å². The quantitative estimate of drug-likeness (QED) is 0.722. The number of nitrogens with zero attached hydrogens (tertiary/aromatic N) is 1. The van der Waals surface area contributed by atoms with Crippen molar-refractivity contribution >= 4 is 17.8 Å². The molecule has 1 unspecified atom stereocenters. The van der Waals surface area contributed by atoms with Gasteiger partial charge in [-0.05, 0) is 24.8 Å². The third-order valence-corrected chi connectivity index (χ3v) is 5.63. The Balaban J connectivity index is 1.56. The maximum atomic E-state index is 12.8. The minimum Gasteiger partial charge on any atom is -0.349 e. The summed E-state index contributed by atoms with van der Waals surface area (Å²) < 4.78 is 0. The second kappa shape index (κ2) is 8.55. The molecule has 2 N–H and O–H groups in total. The van der Waals surface area contributed by atoms with Gasteiger partial charge in [0.15, 0.2) is 0 Å². The normalized spacial score (nSPS) is 19.8. The van der Waals surface area contributed by atoms with Crippen molar-refractivity contribution in [2.75, 3.05) is 6.54 Å². The number of amides is 4. The number of hydrogen-bond donors (Lipinski definition) is 2. The summed E-state index contributed by atoms with van der Waals surface area (Å²) in [5.41, 5.74) is 0.351. The van der Waals surface area contributed by atoms with Crippen LogP contribution in [0.25, 0.3) is 0 Å². The van der Waals surface area contributed by atoms with E-state index in [0.717, 1.165) is 37.7 Å². The molecule has 2 fully saturated rings. The van der Waals surface area contributed by atoms with Gasteiger partial charge in [0.2, 0.25) is 5.91 Å². The molecule has 1 aromatic carbocycles. The summed E-state index contributed by atoms with van der Waals surface area (Å²) in [5, 5.41) is 5.94. The lowest BCUT2D eigenvalue weighted by atomic mass is 9.82. The van der Waals surface area contributed by atoms with Gasteiger partial charge < -0.3 is 10.6 Å². The topological polar surface area (TPSA) is 78.5 Å². The fourth-order valence-corrected chi connectivity index (χ4v) is 4.15. The first-order chi connectivity index (χ1) is 13.1. The molecule has 1 aliphatic carbocycles. The maximum absolute atomic E-state index is 12.8. The molecule has 6 nitrogen and oxygen atoms in total. The number of rotatable bonds is 7. The van der Waals surface area contributed by atoms with E-state index in [1.54, 1.807) is 0 Å². The second-order valence-electron chi connectivity index (χ2n) is 7.60. The molecule has 0 aromatic heterocycles. The predicted octanol–water partition coefficient (Wildman–Crippen LogP) is 3.29. The molecule has 1 atom stereocenters. The van der Waals surface area contributed by atoms with Gasteiger partial charge in [0, 0.05) is 13.0 Å². The average Bonchev–Trinajstić information content (AvgIpc) is 2.90. The minimum absolute atomic E-state index is 0.0449. The number of urea groups is 1. The Hall–Kier alpha value is -2.37. The van der Waals surface area contributed by atoms with Crippen molar-refractivity contribution in [2.45, 2.75) is 69.9 Å². The van der Waals surface area contributed by atoms with Crippen LogP contribution in [0, 0.1) is 0 Å². The highest BCUT2D eigenvalue weighted by Gasteiger charge is 2.51. The second-order valence-corrected chi connectivity index (χ2v) is 7.60. The number of hydrogen-bond acceptors (Lipinski definition) is 3. The molecule has 4 amide bonds. The number of carbonyl (C=O) groups excluding carboxylic acids is 3. The van der Waals surface area contributed by atoms with E-state index in [0.29, 0.717) is 12.8 Å². The van der Waals surface area contributed by atoms with Gasteiger partial charge in [-0.1, -0.05) is 62.9 Å². The Morgan fingerprint density at radius 2 is 1.89 bits per heavy atom. The molecule has 6 heteroatoms. The summed E-state index contributed by atoms with van der Waals surface area (Å²) in [6, 6.07) is 9.48. The lowest BCUT2D eigenvalue weighted by Gasteiger charge is -2.30. The molecule has 1 saturated carbocycles. The van der Waals surface area contributed by atoms with Gasteiger partial charge in [-0.25, -0.2) is 4.79 Å². The van der Waals surface area contributed by atoms with Crippen LogP contribution >= 0.6 is 0 Å². The molecule has 1 aliphatic heterocycles. The number of nitrogens with one attached hydrogen (secondary N) is 2. The van der Waals surface area contributed by atoms with Crippen LogP contribution in [-0.2, 0) is 9.59 Å². The highest BCUT2D eigenvalue weighted by atomic mass is 16.2. The molecule has 1 spiro atoms. The molecular weight excluding hydrogens is 342 g/mol. The monoisotopic (exact) mass is 371 g/mol. The Labute approximate surface area is 160 Å². The van der Waals surface area contributed by atoms with Gasteiger partial charge in [-0.3, -0.25) is 14.5 Å². The molecule has 146 valence electrons. The van der Waals surface area contributed by atoms with Crippen LogP contribution in [-0.4, -0.2) is 34.8 Å². The van der Waals surface area contributed by atoms with E-state index in [9.17, 15) is 14.4 Å². The van der Waals surface area contributed by atoms with Gasteiger partial charge in [-0.2, -0.15) is 0 Å². The Bertz CT molecular complexity index is 683. The Morgan fingerprint density at radius 1 is 1.19 bits per heavy atom. The first kappa shape index (κ1) is 19.4. The maximum Gasteiger partial charge on any atom is 0.325 e. The van der Waals surface area contributed by atoms with Gasteiger partial charge in [0.25, 0.3) is 5.91 Å². The van der Waals surface area contributed by atoms with E-state index in [2.05, 4.69) is 17.6 Å². The lowest BCUT2D eigenvalue weighted by Crippen LogP contribution is -2.48. The summed E-state index contributed by atoms with van der Waals surface area (Å²) in [7, 11) is 0. The largest absolute Gasteiger partial charge is 0.349 e. The summed E-state index contributed by atoms with van der Waals surface area (Å²) >= 11 is 0. The van der Waals surface area contributed by atoms with Crippen molar-refractivity contribution in [2.24, 2.45) is 0 Å². The van der Waals surface area contributed by atoms with E-state index in [1.165, 1.54) is 4.90 Å². The summed E-state index contributed by atoms with van der Waals surface area (Å²) in [6.45, 7) is 2.21. The molecule has 1 aromatic rings. The van der Waals surface area contributed by atoms with Crippen molar-refractivity contribution in [3.63, 3.8) is 0 Å². The minimum atomic E-state index is -0.722. The molecule has 27 heavy (non-hydrogen) atoms. The molecule has 0 bridgehead atoms. The molecule has 1 heterocycles. The smallest absolute Gasteiger partial charge is 0.325 e. The molecule has 1 saturated heterocycles. The zero-order chi connectivity index (χ0) is 19.3. The van der Waals surface area contributed by atoms with E-state index in [1.807, 2.05) is 30.3 Å². The predicted molar refractivity (Wildman–Crippen MR) is 103 cm³/mol. The lowest BCUT2D eigenvalue weighted by molar-refractivity contribution is -0.132. The Kier molecular flexibility index (Phi) is 6.14. The van der Waals surface area contributed by atoms with Crippen molar-refractivity contribution in [1.29, 1.82) is 0 Å². The van der Waals surface area contributed by atoms with Crippen LogP contribution in [0.15, 0.2) is 30.3 Å². The highest BCUT2D eigenvalue weighted by Crippen LogP contribution is 2.33. The highest BCUT2D eigenvalue weighted by molar-refractivity contribution is 6.07. The van der Waals surface area contributed by atoms with Crippen molar-refractivity contribution in [3.8, 4) is 0 Å². The van der Waals surface area contributed by atoms with Crippen molar-refractivity contribution in [3.05, 3.63) is 35.9 Å². The van der Waals surface area contributed by atoms with E-state index in [-0.39, 0.29) is 36.9 Å². The first-order valence-corrected chi connectivity index (χ1v) is 10.0. The zero-order valence-corrected chi connectivity index (χ0v) is 16.0. The van der Waals surface area contributed by atoms with Gasteiger partial charge in [-0.15, -0.1) is 0 Å². The fraction of sp³-hybridized carbons (Fsp3) is 0.571. The van der Waals surface area contributed by atoms with Crippen LogP contribution in [0.2, 0.25) is 0 Å². The molecule has 2 aliphatic rings. The number of imide groups is 1. The molecule has 3 rings (SSSR count). The van der Waals surface area contributed by atoms with Gasteiger partial charge >= 0.3 is 6.03 Å². The van der Waals surface area contributed by atoms with Crippen LogP contribution in [0.1, 0.15) is 69.9 Å². The third kappa shape index (κ3) is 4.31. The molecular formula is C21H29N3O3. The summed E-state index contributed by atoms with van der Waals surface area (Å²) in [5.74, 6) is -0.296. The van der Waals surface area contributed by atoms with Gasteiger partial charge in [0.1, 0.15) is 5.54 Å². The van der Waals surface area contributed by atoms with Crippen molar-refractivity contribution < 1.29 is 14.4 Å². The first-order valence-electron chi connectivity index (χ1n) is 10.0. The molecule has 0 radical (unpaired) electrons. The van der Waals surface area contributed by atoms with E-state index < -0.39 is 5.54 Å². The van der Waals surface area contributed by atoms with Crippen molar-refractivity contribution in [1.82, 2.24) is 15.5 Å². The van der Waals surface area contributed by atoms with Crippen LogP contribution in [0.4, 0.5) is 4.79 Å². The van der Waals surface area contributed by atoms with Crippen LogP contribution in [0.3, 0.4) is 0 Å². The zero-order valence-electron chi connectivity index (χ0n) is 16.0. The average molecular weight is 371 g/mol. The fourth-order valence-electron chi connectivity index (χ4n) is 4.15. The van der Waals surface area contributed by atoms with E-state index in [4.69, 9.17) is 0 Å². The standard InChI is InChI=1S/C21H29N3O3/c1-2-9-17(16-10-5-3-6-11-16)22-18(25)12-15-24-19(26)21(23-20(24)27)13-7-4-8-14-21/h3,5-6,10-11,17H,2,4,7-9,12-15H2,1H3,(H,22,25)(H,23,27). The van der Waals surface area contributed by atoms with Crippen LogP contribution < -0.4 is 10.6 Å². The van der Waals surface area contributed by atoms with Gasteiger partial charge in [0.05, 0.1) is 6.04 Å². The Morgan fingerprint density at radius 3 is 2.56 bits per heavy atom. The third-order valence-electron chi connectivity index (χ3n) is 5.63. The van der Waals surface area contributed by atoms with Crippen LogP contribution in [0.5, 0.6) is 0 Å². The SMILES string of the molecule is CCCC(NC(=O)CCN1C(=O)NC2(CCCCC2)C1=O)c1ccccc1. The summed E-state index contributed by atoms with van der Waals surface area (Å²) in [6.07, 6.45) is 6.34. The number of carbonyl (C=O) groups is 3. The summed E-state index contributed by atoms with van der Waals surface area (Å²) in [4.78, 5) is 38.7. The number of benzene rings is 1.